The van der Waals surface area contributed by atoms with E-state index in [0.717, 1.165) is 4.88 Å². The van der Waals surface area contributed by atoms with Gasteiger partial charge in [-0.2, -0.15) is 0 Å². The average Bonchev–Trinajstić information content (AvgIpc) is 2.98. The van der Waals surface area contributed by atoms with Crippen LogP contribution in [0.5, 0.6) is 5.75 Å². The van der Waals surface area contributed by atoms with Gasteiger partial charge in [0.1, 0.15) is 11.9 Å². The zero-order valence-corrected chi connectivity index (χ0v) is 11.3. The van der Waals surface area contributed by atoms with E-state index in [1.807, 2.05) is 17.5 Å². The van der Waals surface area contributed by atoms with Crippen LogP contribution < -0.4 is 10.1 Å². The van der Waals surface area contributed by atoms with Crippen LogP contribution in [0.15, 0.2) is 41.8 Å². The number of ether oxygens (including phenoxy) is 1. The van der Waals surface area contributed by atoms with Gasteiger partial charge in [0, 0.05) is 11.4 Å². The number of thiophene rings is 1. The Labute approximate surface area is 115 Å². The van der Waals surface area contributed by atoms with Crippen LogP contribution in [0, 0.1) is 0 Å². The van der Waals surface area contributed by atoms with E-state index in [2.05, 4.69) is 5.32 Å². The maximum Gasteiger partial charge on any atom is 0.255 e. The average molecular weight is 277 g/mol. The van der Waals surface area contributed by atoms with Crippen LogP contribution in [0.4, 0.5) is 0 Å². The maximum absolute atomic E-state index is 12.0. The molecule has 1 amide bonds. The lowest BCUT2D eigenvalue weighted by molar-refractivity contribution is 0.0915. The zero-order valence-electron chi connectivity index (χ0n) is 10.5. The molecule has 19 heavy (non-hydrogen) atoms. The van der Waals surface area contributed by atoms with Crippen molar-refractivity contribution in [2.75, 3.05) is 13.7 Å². The molecule has 0 spiro atoms. The third kappa shape index (κ3) is 3.33. The molecule has 2 rings (SSSR count). The highest BCUT2D eigenvalue weighted by molar-refractivity contribution is 7.10. The molecule has 1 heterocycles. The standard InChI is InChI=1S/C14H15NO3S/c1-18-12-6-3-2-5-10(12)14(17)15-9-11(16)13-7-4-8-19-13/h2-8,11,16H,9H2,1H3,(H,15,17). The fraction of sp³-hybridized carbons (Fsp3) is 0.214. The van der Waals surface area contributed by atoms with Crippen LogP contribution in [-0.4, -0.2) is 24.7 Å². The van der Waals surface area contributed by atoms with Crippen molar-refractivity contribution < 1.29 is 14.6 Å². The van der Waals surface area contributed by atoms with Crippen LogP contribution in [-0.2, 0) is 0 Å². The van der Waals surface area contributed by atoms with Crippen molar-refractivity contribution in [2.45, 2.75) is 6.10 Å². The van der Waals surface area contributed by atoms with E-state index in [4.69, 9.17) is 4.74 Å². The number of carbonyl (C=O) groups excluding carboxylic acids is 1. The molecule has 1 unspecified atom stereocenters. The first kappa shape index (κ1) is 13.6. The molecule has 2 N–H and O–H groups in total. The Kier molecular flexibility index (Phi) is 4.54. The fourth-order valence-electron chi connectivity index (χ4n) is 1.70. The normalized spacial score (nSPS) is 11.9. The van der Waals surface area contributed by atoms with Gasteiger partial charge in [0.2, 0.25) is 0 Å². The summed E-state index contributed by atoms with van der Waals surface area (Å²) in [7, 11) is 1.52. The fourth-order valence-corrected chi connectivity index (χ4v) is 2.41. The lowest BCUT2D eigenvalue weighted by Gasteiger charge is -2.12. The predicted molar refractivity (Wildman–Crippen MR) is 74.6 cm³/mol. The number of aliphatic hydroxyl groups excluding tert-OH is 1. The smallest absolute Gasteiger partial charge is 0.255 e. The van der Waals surface area contributed by atoms with E-state index in [9.17, 15) is 9.90 Å². The van der Waals surface area contributed by atoms with Gasteiger partial charge in [0.15, 0.2) is 0 Å². The van der Waals surface area contributed by atoms with Crippen molar-refractivity contribution in [3.8, 4) is 5.75 Å². The Morgan fingerprint density at radius 1 is 1.37 bits per heavy atom. The number of carbonyl (C=O) groups is 1. The quantitative estimate of drug-likeness (QED) is 0.881. The number of para-hydroxylation sites is 1. The van der Waals surface area contributed by atoms with E-state index >= 15 is 0 Å². The van der Waals surface area contributed by atoms with Crippen LogP contribution in [0.2, 0.25) is 0 Å². The Balaban J connectivity index is 1.98. The minimum absolute atomic E-state index is 0.178. The second-order valence-corrected chi connectivity index (χ2v) is 4.92. The molecule has 1 atom stereocenters. The number of methoxy groups -OCH3 is 1. The van der Waals surface area contributed by atoms with Gasteiger partial charge in [0.05, 0.1) is 12.7 Å². The van der Waals surface area contributed by atoms with Crippen molar-refractivity contribution in [2.24, 2.45) is 0 Å². The molecule has 1 aromatic heterocycles. The molecular weight excluding hydrogens is 262 g/mol. The van der Waals surface area contributed by atoms with Gasteiger partial charge in [-0.05, 0) is 23.6 Å². The molecule has 0 bridgehead atoms. The number of hydrogen-bond acceptors (Lipinski definition) is 4. The number of hydrogen-bond donors (Lipinski definition) is 2. The molecule has 0 aliphatic carbocycles. The molecule has 0 saturated carbocycles. The van der Waals surface area contributed by atoms with Gasteiger partial charge >= 0.3 is 0 Å². The minimum atomic E-state index is -0.682. The molecule has 4 nitrogen and oxygen atoms in total. The summed E-state index contributed by atoms with van der Waals surface area (Å²) in [5.74, 6) is 0.263. The van der Waals surface area contributed by atoms with Gasteiger partial charge in [0.25, 0.3) is 5.91 Å². The Bertz CT molecular complexity index is 539. The van der Waals surface area contributed by atoms with Gasteiger partial charge in [-0.15, -0.1) is 11.3 Å². The highest BCUT2D eigenvalue weighted by Crippen LogP contribution is 2.19. The van der Waals surface area contributed by atoms with E-state index in [0.29, 0.717) is 11.3 Å². The summed E-state index contributed by atoms with van der Waals surface area (Å²) in [6.07, 6.45) is -0.682. The molecule has 0 aliphatic rings. The number of benzene rings is 1. The first-order chi connectivity index (χ1) is 9.22. The van der Waals surface area contributed by atoms with Gasteiger partial charge in [-0.25, -0.2) is 0 Å². The van der Waals surface area contributed by atoms with Gasteiger partial charge in [-0.1, -0.05) is 18.2 Å². The van der Waals surface area contributed by atoms with E-state index < -0.39 is 6.10 Å². The molecule has 5 heteroatoms. The summed E-state index contributed by atoms with van der Waals surface area (Å²) >= 11 is 1.46. The first-order valence-electron chi connectivity index (χ1n) is 5.85. The predicted octanol–water partition coefficient (Wildman–Crippen LogP) is 2.22. The van der Waals surface area contributed by atoms with Crippen LogP contribution in [0.25, 0.3) is 0 Å². The molecule has 1 aromatic carbocycles. The van der Waals surface area contributed by atoms with Crippen LogP contribution in [0.3, 0.4) is 0 Å². The molecule has 0 aliphatic heterocycles. The Hall–Kier alpha value is -1.85. The highest BCUT2D eigenvalue weighted by Gasteiger charge is 2.14. The van der Waals surface area contributed by atoms with Crippen molar-refractivity contribution in [3.63, 3.8) is 0 Å². The van der Waals surface area contributed by atoms with Crippen molar-refractivity contribution in [3.05, 3.63) is 52.2 Å². The van der Waals surface area contributed by atoms with Crippen LogP contribution >= 0.6 is 11.3 Å². The minimum Gasteiger partial charge on any atom is -0.496 e. The second-order valence-electron chi connectivity index (χ2n) is 3.94. The SMILES string of the molecule is COc1ccccc1C(=O)NCC(O)c1cccs1. The second kappa shape index (κ2) is 6.36. The van der Waals surface area contributed by atoms with E-state index in [1.165, 1.54) is 18.4 Å². The Morgan fingerprint density at radius 3 is 2.84 bits per heavy atom. The van der Waals surface area contributed by atoms with Crippen LogP contribution in [0.1, 0.15) is 21.3 Å². The topological polar surface area (TPSA) is 58.6 Å². The third-order valence-corrected chi connectivity index (χ3v) is 3.65. The number of rotatable bonds is 5. The number of amides is 1. The molecule has 0 radical (unpaired) electrons. The summed E-state index contributed by atoms with van der Waals surface area (Å²) in [4.78, 5) is 12.8. The summed E-state index contributed by atoms with van der Waals surface area (Å²) in [6.45, 7) is 0.178. The molecule has 2 aromatic rings. The van der Waals surface area contributed by atoms with E-state index in [-0.39, 0.29) is 12.5 Å². The molecule has 100 valence electrons. The highest BCUT2D eigenvalue weighted by atomic mass is 32.1. The van der Waals surface area contributed by atoms with Crippen molar-refractivity contribution in [1.29, 1.82) is 0 Å². The lowest BCUT2D eigenvalue weighted by atomic mass is 10.2. The summed E-state index contributed by atoms with van der Waals surface area (Å²) < 4.78 is 5.12. The Morgan fingerprint density at radius 2 is 2.16 bits per heavy atom. The molecular formula is C14H15NO3S. The zero-order chi connectivity index (χ0) is 13.7. The number of aliphatic hydroxyl groups is 1. The molecule has 0 saturated heterocycles. The third-order valence-electron chi connectivity index (χ3n) is 2.68. The monoisotopic (exact) mass is 277 g/mol. The summed E-state index contributed by atoms with van der Waals surface area (Å²) in [6, 6.07) is 10.7. The summed E-state index contributed by atoms with van der Waals surface area (Å²) in [5, 5.41) is 14.5. The number of nitrogens with one attached hydrogen (secondary N) is 1. The van der Waals surface area contributed by atoms with Gasteiger partial charge in [-0.3, -0.25) is 4.79 Å². The van der Waals surface area contributed by atoms with Crippen molar-refractivity contribution in [1.82, 2.24) is 5.32 Å². The maximum atomic E-state index is 12.0. The largest absolute Gasteiger partial charge is 0.496 e. The lowest BCUT2D eigenvalue weighted by Crippen LogP contribution is -2.28. The summed E-state index contributed by atoms with van der Waals surface area (Å²) in [5.41, 5.74) is 0.461. The van der Waals surface area contributed by atoms with Crippen molar-refractivity contribution >= 4 is 17.2 Å². The first-order valence-corrected chi connectivity index (χ1v) is 6.73. The van der Waals surface area contributed by atoms with Gasteiger partial charge < -0.3 is 15.2 Å². The van der Waals surface area contributed by atoms with E-state index in [1.54, 1.807) is 24.3 Å². The molecule has 0 fully saturated rings.